The molecule has 0 aliphatic rings. The molecule has 0 aliphatic heterocycles. The van der Waals surface area contributed by atoms with Crippen molar-refractivity contribution in [1.29, 1.82) is 0 Å². The van der Waals surface area contributed by atoms with Gasteiger partial charge in [-0.3, -0.25) is 9.59 Å². The average Bonchev–Trinajstić information content (AvgIpc) is 2.70. The summed E-state index contributed by atoms with van der Waals surface area (Å²) in [5, 5.41) is 5.44. The first-order valence-corrected chi connectivity index (χ1v) is 8.19. The monoisotopic (exact) mass is 360 g/mol. The van der Waals surface area contributed by atoms with Crippen LogP contribution in [0.25, 0.3) is 0 Å². The van der Waals surface area contributed by atoms with Gasteiger partial charge in [-0.25, -0.2) is 0 Å². The number of rotatable bonds is 6. The molecule has 0 aliphatic carbocycles. The lowest BCUT2D eigenvalue weighted by Gasteiger charge is -2.20. The van der Waals surface area contributed by atoms with E-state index >= 15 is 0 Å². The van der Waals surface area contributed by atoms with Crippen LogP contribution < -0.4 is 10.6 Å². The highest BCUT2D eigenvalue weighted by Crippen LogP contribution is 2.23. The van der Waals surface area contributed by atoms with E-state index in [0.29, 0.717) is 6.42 Å². The maximum atomic E-state index is 11.6. The van der Waals surface area contributed by atoms with E-state index in [1.165, 1.54) is 4.88 Å². The summed E-state index contributed by atoms with van der Waals surface area (Å²) in [5.74, 6) is -0.238. The Morgan fingerprint density at radius 3 is 2.50 bits per heavy atom. The molecular weight excluding hydrogens is 340 g/mol. The Hall–Kier alpha value is -0.880. The van der Waals surface area contributed by atoms with Gasteiger partial charge >= 0.3 is 0 Å². The number of hydrogen-bond acceptors (Lipinski definition) is 3. The van der Waals surface area contributed by atoms with Crippen LogP contribution in [0.4, 0.5) is 0 Å². The molecule has 6 heteroatoms. The maximum Gasteiger partial charge on any atom is 0.239 e. The second-order valence-electron chi connectivity index (χ2n) is 5.63. The summed E-state index contributed by atoms with van der Waals surface area (Å²) in [6, 6.07) is 4.07. The fourth-order valence-electron chi connectivity index (χ4n) is 1.64. The van der Waals surface area contributed by atoms with E-state index in [2.05, 4.69) is 32.6 Å². The van der Waals surface area contributed by atoms with E-state index in [-0.39, 0.29) is 23.9 Å². The van der Waals surface area contributed by atoms with E-state index in [4.69, 9.17) is 0 Å². The summed E-state index contributed by atoms with van der Waals surface area (Å²) in [6.45, 7) is 5.77. The molecule has 2 amide bonds. The van der Waals surface area contributed by atoms with Gasteiger partial charge in [0.15, 0.2) is 0 Å². The summed E-state index contributed by atoms with van der Waals surface area (Å²) in [4.78, 5) is 24.4. The summed E-state index contributed by atoms with van der Waals surface area (Å²) in [6.07, 6.45) is 2.12. The zero-order valence-corrected chi connectivity index (χ0v) is 14.5. The van der Waals surface area contributed by atoms with Crippen LogP contribution in [0.1, 0.15) is 38.5 Å². The SMILES string of the molecule is CC(C)(C)NC(=O)CNC(=O)CCCc1ccc(Br)s1. The largest absolute Gasteiger partial charge is 0.350 e. The van der Waals surface area contributed by atoms with Crippen molar-refractivity contribution in [2.75, 3.05) is 6.54 Å². The number of nitrogens with one attached hydrogen (secondary N) is 2. The smallest absolute Gasteiger partial charge is 0.239 e. The van der Waals surface area contributed by atoms with Crippen molar-refractivity contribution in [2.45, 2.75) is 45.6 Å². The molecule has 1 aromatic rings. The quantitative estimate of drug-likeness (QED) is 0.819. The van der Waals surface area contributed by atoms with Gasteiger partial charge in [0, 0.05) is 16.8 Å². The molecule has 0 radical (unpaired) electrons. The van der Waals surface area contributed by atoms with Gasteiger partial charge in [0.2, 0.25) is 11.8 Å². The lowest BCUT2D eigenvalue weighted by Crippen LogP contribution is -2.45. The van der Waals surface area contributed by atoms with Crippen molar-refractivity contribution in [1.82, 2.24) is 10.6 Å². The Labute approximate surface area is 132 Å². The topological polar surface area (TPSA) is 58.2 Å². The van der Waals surface area contributed by atoms with Gasteiger partial charge in [-0.15, -0.1) is 11.3 Å². The highest BCUT2D eigenvalue weighted by atomic mass is 79.9. The Kier molecular flexibility index (Phi) is 6.68. The van der Waals surface area contributed by atoms with Crippen LogP contribution in [0.5, 0.6) is 0 Å². The van der Waals surface area contributed by atoms with Gasteiger partial charge < -0.3 is 10.6 Å². The first-order chi connectivity index (χ1) is 9.26. The third-order valence-corrected chi connectivity index (χ3v) is 4.10. The van der Waals surface area contributed by atoms with Crippen LogP contribution in [-0.4, -0.2) is 23.9 Å². The van der Waals surface area contributed by atoms with Crippen LogP contribution in [0.3, 0.4) is 0 Å². The molecule has 0 atom stereocenters. The maximum absolute atomic E-state index is 11.6. The minimum absolute atomic E-state index is 0.0423. The van der Waals surface area contributed by atoms with Crippen molar-refractivity contribution < 1.29 is 9.59 Å². The predicted molar refractivity (Wildman–Crippen MR) is 85.9 cm³/mol. The van der Waals surface area contributed by atoms with E-state index in [1.54, 1.807) is 11.3 Å². The summed E-state index contributed by atoms with van der Waals surface area (Å²) >= 11 is 5.10. The third-order valence-electron chi connectivity index (χ3n) is 2.42. The number of halogens is 1. The van der Waals surface area contributed by atoms with Crippen molar-refractivity contribution >= 4 is 39.1 Å². The highest BCUT2D eigenvalue weighted by Gasteiger charge is 2.14. The molecule has 0 fully saturated rings. The van der Waals surface area contributed by atoms with E-state index in [9.17, 15) is 9.59 Å². The number of carbonyl (C=O) groups is 2. The van der Waals surface area contributed by atoms with Gasteiger partial charge in [0.1, 0.15) is 0 Å². The van der Waals surface area contributed by atoms with Crippen LogP contribution >= 0.6 is 27.3 Å². The third kappa shape index (κ3) is 7.65. The Morgan fingerprint density at radius 2 is 1.95 bits per heavy atom. The zero-order chi connectivity index (χ0) is 15.2. The molecule has 0 saturated heterocycles. The fourth-order valence-corrected chi connectivity index (χ4v) is 3.16. The van der Waals surface area contributed by atoms with Crippen LogP contribution in [-0.2, 0) is 16.0 Å². The van der Waals surface area contributed by atoms with Crippen LogP contribution in [0.2, 0.25) is 0 Å². The molecule has 0 unspecified atom stereocenters. The molecule has 1 heterocycles. The van der Waals surface area contributed by atoms with E-state index in [0.717, 1.165) is 16.6 Å². The molecule has 2 N–H and O–H groups in total. The first-order valence-electron chi connectivity index (χ1n) is 6.58. The highest BCUT2D eigenvalue weighted by molar-refractivity contribution is 9.11. The van der Waals surface area contributed by atoms with E-state index < -0.39 is 0 Å². The Balaban J connectivity index is 2.16. The van der Waals surface area contributed by atoms with Crippen molar-refractivity contribution in [3.63, 3.8) is 0 Å². The molecule has 0 saturated carbocycles. The Bertz CT molecular complexity index is 466. The summed E-state index contributed by atoms with van der Waals surface area (Å²) in [5.41, 5.74) is -0.269. The second-order valence-corrected chi connectivity index (χ2v) is 8.18. The summed E-state index contributed by atoms with van der Waals surface area (Å²) in [7, 11) is 0. The van der Waals surface area contributed by atoms with Gasteiger partial charge in [-0.1, -0.05) is 0 Å². The number of aryl methyl sites for hydroxylation is 1. The van der Waals surface area contributed by atoms with Crippen LogP contribution in [0, 0.1) is 0 Å². The predicted octanol–water partition coefficient (Wildman–Crippen LogP) is 2.86. The molecule has 0 bridgehead atoms. The van der Waals surface area contributed by atoms with Crippen molar-refractivity contribution in [3.8, 4) is 0 Å². The standard InChI is InChI=1S/C14H21BrN2O2S/c1-14(2,3)17-13(19)9-16-12(18)6-4-5-10-7-8-11(15)20-10/h7-8H,4-6,9H2,1-3H3,(H,16,18)(H,17,19). The molecule has 4 nitrogen and oxygen atoms in total. The molecule has 0 aromatic carbocycles. The van der Waals surface area contributed by atoms with Gasteiger partial charge in [-0.05, 0) is 61.7 Å². The number of amides is 2. The zero-order valence-electron chi connectivity index (χ0n) is 12.1. The normalized spacial score (nSPS) is 11.2. The van der Waals surface area contributed by atoms with Crippen LogP contribution in [0.15, 0.2) is 15.9 Å². The lowest BCUT2D eigenvalue weighted by atomic mass is 10.1. The molecule has 1 rings (SSSR count). The molecular formula is C14H21BrN2O2S. The minimum atomic E-state index is -0.269. The minimum Gasteiger partial charge on any atom is -0.350 e. The number of hydrogen-bond donors (Lipinski definition) is 2. The van der Waals surface area contributed by atoms with Crippen molar-refractivity contribution in [2.24, 2.45) is 0 Å². The number of thiophene rings is 1. The molecule has 20 heavy (non-hydrogen) atoms. The molecule has 112 valence electrons. The van der Waals surface area contributed by atoms with Crippen molar-refractivity contribution in [3.05, 3.63) is 20.8 Å². The average molecular weight is 361 g/mol. The van der Waals surface area contributed by atoms with Gasteiger partial charge in [0.25, 0.3) is 0 Å². The Morgan fingerprint density at radius 1 is 1.25 bits per heavy atom. The van der Waals surface area contributed by atoms with E-state index in [1.807, 2.05) is 26.8 Å². The molecule has 1 aromatic heterocycles. The molecule has 0 spiro atoms. The lowest BCUT2D eigenvalue weighted by molar-refractivity contribution is -0.126. The van der Waals surface area contributed by atoms with Gasteiger partial charge in [0.05, 0.1) is 10.3 Å². The first kappa shape index (κ1) is 17.2. The summed E-state index contributed by atoms with van der Waals surface area (Å²) < 4.78 is 1.11. The fraction of sp³-hybridized carbons (Fsp3) is 0.571. The number of carbonyl (C=O) groups excluding carboxylic acids is 2. The second kappa shape index (κ2) is 7.78. The van der Waals surface area contributed by atoms with Gasteiger partial charge in [-0.2, -0.15) is 0 Å².